The maximum absolute atomic E-state index is 13.1. The summed E-state index contributed by atoms with van der Waals surface area (Å²) in [5, 5.41) is 17.1. The number of thiophene rings is 1. The minimum absolute atomic E-state index is 0.108. The van der Waals surface area contributed by atoms with E-state index in [2.05, 4.69) is 20.6 Å². The molecule has 0 radical (unpaired) electrons. The second kappa shape index (κ2) is 7.03. The Bertz CT molecular complexity index is 1480. The van der Waals surface area contributed by atoms with Crippen molar-refractivity contribution in [2.45, 2.75) is 26.3 Å². The zero-order chi connectivity index (χ0) is 20.8. The van der Waals surface area contributed by atoms with E-state index >= 15 is 0 Å². The van der Waals surface area contributed by atoms with Gasteiger partial charge in [-0.1, -0.05) is 32.0 Å². The number of nitrogens with one attached hydrogen (secondary N) is 1. The van der Waals surface area contributed by atoms with Crippen molar-refractivity contribution in [2.24, 2.45) is 0 Å². The highest BCUT2D eigenvalue weighted by molar-refractivity contribution is 7.25. The summed E-state index contributed by atoms with van der Waals surface area (Å²) in [5.74, 6) is -0.219. The van der Waals surface area contributed by atoms with Crippen molar-refractivity contribution >= 4 is 48.8 Å². The van der Waals surface area contributed by atoms with E-state index in [0.717, 1.165) is 21.2 Å². The predicted molar refractivity (Wildman–Crippen MR) is 117 cm³/mol. The van der Waals surface area contributed by atoms with Crippen LogP contribution in [-0.4, -0.2) is 30.3 Å². The van der Waals surface area contributed by atoms with Crippen molar-refractivity contribution in [3.05, 3.63) is 65.0 Å². The van der Waals surface area contributed by atoms with E-state index in [-0.39, 0.29) is 23.9 Å². The molecule has 0 fully saturated rings. The van der Waals surface area contributed by atoms with Crippen molar-refractivity contribution in [3.63, 3.8) is 0 Å². The zero-order valence-corrected chi connectivity index (χ0v) is 17.2. The van der Waals surface area contributed by atoms with Gasteiger partial charge in [-0.3, -0.25) is 14.0 Å². The summed E-state index contributed by atoms with van der Waals surface area (Å²) >= 11 is 1.45. The summed E-state index contributed by atoms with van der Waals surface area (Å²) in [7, 11) is 0. The van der Waals surface area contributed by atoms with Gasteiger partial charge >= 0.3 is 0 Å². The lowest BCUT2D eigenvalue weighted by Crippen LogP contribution is -2.30. The molecule has 9 heteroatoms. The van der Waals surface area contributed by atoms with Crippen molar-refractivity contribution in [1.29, 1.82) is 0 Å². The number of rotatable bonds is 4. The van der Waals surface area contributed by atoms with E-state index in [1.807, 2.05) is 38.1 Å². The maximum Gasteiger partial charge on any atom is 0.285 e. The van der Waals surface area contributed by atoms with E-state index in [9.17, 15) is 9.59 Å². The summed E-state index contributed by atoms with van der Waals surface area (Å²) < 4.78 is 4.64. The number of fused-ring (bicyclic) bond motifs is 4. The first-order valence-corrected chi connectivity index (χ1v) is 10.3. The Hall–Kier alpha value is -3.59. The van der Waals surface area contributed by atoms with E-state index in [4.69, 9.17) is 0 Å². The average molecular weight is 418 g/mol. The minimum atomic E-state index is -0.327. The number of carbonyl (C=O) groups excluding carboxylic acids is 1. The summed E-state index contributed by atoms with van der Waals surface area (Å²) in [4.78, 5) is 25.8. The number of aromatic nitrogens is 5. The quantitative estimate of drug-likeness (QED) is 0.483. The monoisotopic (exact) mass is 418 g/mol. The highest BCUT2D eigenvalue weighted by Crippen LogP contribution is 2.35. The van der Waals surface area contributed by atoms with E-state index in [1.165, 1.54) is 16.0 Å². The molecule has 4 aromatic heterocycles. The number of nitrogens with zero attached hydrogens (tertiary/aromatic N) is 5. The molecule has 0 saturated carbocycles. The molecule has 0 unspecified atom stereocenters. The van der Waals surface area contributed by atoms with Crippen LogP contribution in [0.15, 0.2) is 53.7 Å². The van der Waals surface area contributed by atoms with E-state index in [1.54, 1.807) is 29.1 Å². The van der Waals surface area contributed by atoms with Crippen LogP contribution in [0.25, 0.3) is 25.8 Å². The lowest BCUT2D eigenvalue weighted by atomic mass is 10.0. The third kappa shape index (κ3) is 3.03. The third-order valence-corrected chi connectivity index (χ3v) is 6.08. The van der Waals surface area contributed by atoms with Crippen LogP contribution in [0, 0.1) is 0 Å². The molecule has 0 bridgehead atoms. The fraction of sp³-hybridized carbons (Fsp3) is 0.190. The fourth-order valence-electron chi connectivity index (χ4n) is 3.54. The van der Waals surface area contributed by atoms with Crippen molar-refractivity contribution in [2.75, 3.05) is 5.32 Å². The van der Waals surface area contributed by atoms with Crippen LogP contribution >= 0.6 is 11.3 Å². The second-order valence-electron chi connectivity index (χ2n) is 7.37. The number of hydrogen-bond donors (Lipinski definition) is 1. The molecule has 0 aliphatic heterocycles. The number of anilines is 1. The molecular formula is C21H18N6O2S. The number of benzene rings is 1. The molecule has 5 rings (SSSR count). The topological polar surface area (TPSA) is 94.2 Å². The molecule has 0 saturated heterocycles. The number of hydrogen-bond acceptors (Lipinski definition) is 6. The normalized spacial score (nSPS) is 11.7. The molecule has 1 N–H and O–H groups in total. The molecule has 30 heavy (non-hydrogen) atoms. The van der Waals surface area contributed by atoms with Crippen molar-refractivity contribution in [3.8, 4) is 0 Å². The maximum atomic E-state index is 13.1. The predicted octanol–water partition coefficient (Wildman–Crippen LogP) is 3.42. The minimum Gasteiger partial charge on any atom is -0.323 e. The molecule has 8 nitrogen and oxygen atoms in total. The van der Waals surface area contributed by atoms with Crippen LogP contribution in [0.4, 0.5) is 5.69 Å². The molecule has 0 spiro atoms. The first-order chi connectivity index (χ1) is 14.5. The Morgan fingerprint density at radius 1 is 1.20 bits per heavy atom. The van der Waals surface area contributed by atoms with Gasteiger partial charge in [-0.25, -0.2) is 4.68 Å². The van der Waals surface area contributed by atoms with E-state index in [0.29, 0.717) is 16.0 Å². The van der Waals surface area contributed by atoms with Gasteiger partial charge in [-0.05, 0) is 24.1 Å². The van der Waals surface area contributed by atoms with E-state index < -0.39 is 0 Å². The molecule has 5 aromatic rings. The molecular weight excluding hydrogens is 400 g/mol. The number of pyridine rings is 1. The lowest BCUT2D eigenvalue weighted by Gasteiger charge is -2.12. The highest BCUT2D eigenvalue weighted by atomic mass is 32.1. The smallest absolute Gasteiger partial charge is 0.285 e. The summed E-state index contributed by atoms with van der Waals surface area (Å²) in [6, 6.07) is 11.4. The Morgan fingerprint density at radius 2 is 2.03 bits per heavy atom. The fourth-order valence-corrected chi connectivity index (χ4v) is 4.70. The molecule has 150 valence electrons. The van der Waals surface area contributed by atoms with Crippen LogP contribution in [0.5, 0.6) is 0 Å². The molecule has 4 heterocycles. The Balaban J connectivity index is 1.53. The Kier molecular flexibility index (Phi) is 4.32. The van der Waals surface area contributed by atoms with Crippen LogP contribution in [0.2, 0.25) is 0 Å². The van der Waals surface area contributed by atoms with Gasteiger partial charge < -0.3 is 5.32 Å². The standard InChI is InChI=1S/C21H18N6O2S/c1-12(2)19-18-14-5-3-4-6-15(14)30-20(18)21(29)27(25-19)10-17(28)23-13-7-8-16-24-22-11-26(16)9-13/h3-9,11-12H,10H2,1-2H3,(H,23,28). The van der Waals surface area contributed by atoms with Crippen LogP contribution in [0.3, 0.4) is 0 Å². The molecule has 0 aliphatic rings. The lowest BCUT2D eigenvalue weighted by molar-refractivity contribution is -0.117. The van der Waals surface area contributed by atoms with Crippen LogP contribution in [-0.2, 0) is 11.3 Å². The first-order valence-electron chi connectivity index (χ1n) is 9.53. The average Bonchev–Trinajstić information content (AvgIpc) is 3.34. The summed E-state index contributed by atoms with van der Waals surface area (Å²) in [6.45, 7) is 3.91. The first kappa shape index (κ1) is 18.4. The summed E-state index contributed by atoms with van der Waals surface area (Å²) in [5.41, 5.74) is 1.84. The summed E-state index contributed by atoms with van der Waals surface area (Å²) in [6.07, 6.45) is 3.28. The van der Waals surface area contributed by atoms with Gasteiger partial charge in [0.05, 0.1) is 11.4 Å². The van der Waals surface area contributed by atoms with Gasteiger partial charge in [0.25, 0.3) is 5.56 Å². The largest absolute Gasteiger partial charge is 0.323 e. The Labute approximate surface area is 174 Å². The van der Waals surface area contributed by atoms with Gasteiger partial charge in [-0.15, -0.1) is 21.5 Å². The molecule has 1 aromatic carbocycles. The SMILES string of the molecule is CC(C)c1nn(CC(=O)Nc2ccc3nncn3c2)c(=O)c2sc3ccccc3c12. The molecule has 1 amide bonds. The Morgan fingerprint density at radius 3 is 2.87 bits per heavy atom. The van der Waals surface area contributed by atoms with Gasteiger partial charge in [-0.2, -0.15) is 5.10 Å². The highest BCUT2D eigenvalue weighted by Gasteiger charge is 2.19. The van der Waals surface area contributed by atoms with Gasteiger partial charge in [0, 0.05) is 21.7 Å². The van der Waals surface area contributed by atoms with Crippen LogP contribution < -0.4 is 10.9 Å². The third-order valence-electron chi connectivity index (χ3n) is 4.92. The van der Waals surface area contributed by atoms with Crippen LogP contribution in [0.1, 0.15) is 25.5 Å². The number of amides is 1. The zero-order valence-electron chi connectivity index (χ0n) is 16.4. The van der Waals surface area contributed by atoms with Crippen molar-refractivity contribution < 1.29 is 4.79 Å². The van der Waals surface area contributed by atoms with Gasteiger partial charge in [0.1, 0.15) is 17.6 Å². The van der Waals surface area contributed by atoms with Gasteiger partial charge in [0.2, 0.25) is 5.91 Å². The molecule has 0 aliphatic carbocycles. The van der Waals surface area contributed by atoms with Gasteiger partial charge in [0.15, 0.2) is 5.65 Å². The molecule has 0 atom stereocenters. The number of carbonyl (C=O) groups is 1. The van der Waals surface area contributed by atoms with Crippen molar-refractivity contribution in [1.82, 2.24) is 24.4 Å². The second-order valence-corrected chi connectivity index (χ2v) is 8.42.